The minimum atomic E-state index is 0.613. The smallest absolute Gasteiger partial charge is 0.182 e. The molecule has 2 heterocycles. The number of rotatable bonds is 2. The molecule has 2 aromatic heterocycles. The summed E-state index contributed by atoms with van der Waals surface area (Å²) in [5, 5.41) is 7.85. The van der Waals surface area contributed by atoms with Crippen LogP contribution in [0.25, 0.3) is 0 Å². The third-order valence-electron chi connectivity index (χ3n) is 2.50. The highest BCUT2D eigenvalue weighted by atomic mass is 32.1. The first-order valence-corrected chi connectivity index (χ1v) is 5.60. The van der Waals surface area contributed by atoms with Crippen LogP contribution in [0.5, 0.6) is 0 Å². The van der Waals surface area contributed by atoms with Crippen LogP contribution in [0.2, 0.25) is 0 Å². The molecule has 3 nitrogen and oxygen atoms in total. The van der Waals surface area contributed by atoms with Crippen LogP contribution in [0.3, 0.4) is 0 Å². The van der Waals surface area contributed by atoms with Crippen LogP contribution in [-0.4, -0.2) is 9.55 Å². The van der Waals surface area contributed by atoms with Crippen LogP contribution in [0.15, 0.2) is 24.5 Å². The van der Waals surface area contributed by atoms with Crippen LogP contribution < -0.4 is 4.80 Å². The second-order valence-corrected chi connectivity index (χ2v) is 4.69. The molecule has 0 aliphatic carbocycles. The second-order valence-electron chi connectivity index (χ2n) is 3.49. The van der Waals surface area contributed by atoms with E-state index in [1.807, 2.05) is 16.7 Å². The minimum Gasteiger partial charge on any atom is -0.317 e. The van der Waals surface area contributed by atoms with E-state index in [4.69, 9.17) is 5.41 Å². The Bertz CT molecular complexity index is 510. The summed E-state index contributed by atoms with van der Waals surface area (Å²) < 4.78 is 2.02. The summed E-state index contributed by atoms with van der Waals surface area (Å²) in [6.07, 6.45) is 3.57. The second kappa shape index (κ2) is 3.98. The number of nitrogens with zero attached hydrogens (tertiary/aromatic N) is 2. The van der Waals surface area contributed by atoms with Crippen LogP contribution in [0.4, 0.5) is 0 Å². The number of pyridine rings is 1. The molecular formula is C11H13N3S. The van der Waals surface area contributed by atoms with Crippen LogP contribution in [0, 0.1) is 19.3 Å². The predicted octanol–water partition coefficient (Wildman–Crippen LogP) is 2.09. The van der Waals surface area contributed by atoms with Crippen molar-refractivity contribution < 1.29 is 0 Å². The van der Waals surface area contributed by atoms with E-state index in [1.165, 1.54) is 27.5 Å². The van der Waals surface area contributed by atoms with E-state index in [-0.39, 0.29) is 0 Å². The Morgan fingerprint density at radius 1 is 1.33 bits per heavy atom. The maximum Gasteiger partial charge on any atom is 0.182 e. The van der Waals surface area contributed by atoms with Gasteiger partial charge in [0, 0.05) is 23.0 Å². The zero-order valence-corrected chi connectivity index (χ0v) is 9.64. The maximum atomic E-state index is 7.85. The molecule has 4 heteroatoms. The van der Waals surface area contributed by atoms with E-state index in [2.05, 4.69) is 18.8 Å². The summed E-state index contributed by atoms with van der Waals surface area (Å²) in [7, 11) is 0. The van der Waals surface area contributed by atoms with Gasteiger partial charge in [0.1, 0.15) is 0 Å². The first-order valence-electron chi connectivity index (χ1n) is 4.79. The lowest BCUT2D eigenvalue weighted by atomic mass is 10.2. The molecule has 0 spiro atoms. The van der Waals surface area contributed by atoms with Gasteiger partial charge in [-0.1, -0.05) is 0 Å². The molecule has 0 atom stereocenters. The number of aromatic nitrogens is 2. The fourth-order valence-electron chi connectivity index (χ4n) is 1.48. The van der Waals surface area contributed by atoms with E-state index >= 15 is 0 Å². The van der Waals surface area contributed by atoms with Gasteiger partial charge in [-0.2, -0.15) is 0 Å². The van der Waals surface area contributed by atoms with Crippen molar-refractivity contribution in [2.45, 2.75) is 20.4 Å². The van der Waals surface area contributed by atoms with Gasteiger partial charge in [-0.05, 0) is 31.5 Å². The van der Waals surface area contributed by atoms with Gasteiger partial charge < -0.3 is 4.57 Å². The number of thiazole rings is 1. The van der Waals surface area contributed by atoms with Crippen molar-refractivity contribution >= 4 is 11.3 Å². The number of hydrogen-bond donors (Lipinski definition) is 1. The SMILES string of the molecule is Cc1sc(=N)n(Cc2ccncc2)c1C. The average molecular weight is 219 g/mol. The lowest BCUT2D eigenvalue weighted by Gasteiger charge is -2.05. The molecule has 0 aliphatic heterocycles. The quantitative estimate of drug-likeness (QED) is 0.825. The van der Waals surface area contributed by atoms with Crippen molar-refractivity contribution in [2.75, 3.05) is 0 Å². The molecule has 2 aromatic rings. The van der Waals surface area contributed by atoms with Gasteiger partial charge in [0.25, 0.3) is 0 Å². The molecular weight excluding hydrogens is 206 g/mol. The molecule has 0 unspecified atom stereocenters. The zero-order chi connectivity index (χ0) is 10.8. The normalized spacial score (nSPS) is 10.5. The third-order valence-corrected chi connectivity index (χ3v) is 3.51. The molecule has 0 bridgehead atoms. The first kappa shape index (κ1) is 10.1. The van der Waals surface area contributed by atoms with Gasteiger partial charge in [-0.3, -0.25) is 10.4 Å². The van der Waals surface area contributed by atoms with Crippen molar-refractivity contribution in [3.05, 3.63) is 45.5 Å². The summed E-state index contributed by atoms with van der Waals surface area (Å²) in [6.45, 7) is 4.88. The van der Waals surface area contributed by atoms with E-state index in [9.17, 15) is 0 Å². The average Bonchev–Trinajstić information content (AvgIpc) is 2.47. The van der Waals surface area contributed by atoms with E-state index in [1.54, 1.807) is 12.4 Å². The molecule has 0 amide bonds. The van der Waals surface area contributed by atoms with Gasteiger partial charge in [0.2, 0.25) is 0 Å². The van der Waals surface area contributed by atoms with E-state index in [0.717, 1.165) is 6.54 Å². The van der Waals surface area contributed by atoms with Crippen molar-refractivity contribution in [1.82, 2.24) is 9.55 Å². The van der Waals surface area contributed by atoms with Crippen LogP contribution in [-0.2, 0) is 6.54 Å². The molecule has 15 heavy (non-hydrogen) atoms. The Morgan fingerprint density at radius 3 is 2.53 bits per heavy atom. The Labute approximate surface area is 92.6 Å². The highest BCUT2D eigenvalue weighted by Crippen LogP contribution is 2.11. The molecule has 0 saturated carbocycles. The maximum absolute atomic E-state index is 7.85. The predicted molar refractivity (Wildman–Crippen MR) is 61.0 cm³/mol. The molecule has 1 N–H and O–H groups in total. The van der Waals surface area contributed by atoms with Gasteiger partial charge >= 0.3 is 0 Å². The first-order chi connectivity index (χ1) is 7.18. The van der Waals surface area contributed by atoms with Gasteiger partial charge in [-0.15, -0.1) is 11.3 Å². The van der Waals surface area contributed by atoms with Crippen molar-refractivity contribution in [3.63, 3.8) is 0 Å². The molecule has 0 fully saturated rings. The lowest BCUT2D eigenvalue weighted by molar-refractivity contribution is 0.729. The van der Waals surface area contributed by atoms with Crippen molar-refractivity contribution in [2.24, 2.45) is 0 Å². The molecule has 0 saturated heterocycles. The molecule has 78 valence electrons. The van der Waals surface area contributed by atoms with Gasteiger partial charge in [0.05, 0.1) is 6.54 Å². The molecule has 0 aromatic carbocycles. The number of hydrogen-bond acceptors (Lipinski definition) is 3. The Hall–Kier alpha value is -1.42. The lowest BCUT2D eigenvalue weighted by Crippen LogP contribution is -2.15. The number of nitrogens with one attached hydrogen (secondary N) is 1. The van der Waals surface area contributed by atoms with Crippen LogP contribution >= 0.6 is 11.3 Å². The fraction of sp³-hybridized carbons (Fsp3) is 0.273. The topological polar surface area (TPSA) is 41.7 Å². The van der Waals surface area contributed by atoms with Gasteiger partial charge in [0.15, 0.2) is 4.80 Å². The summed E-state index contributed by atoms with van der Waals surface area (Å²) in [6, 6.07) is 3.97. The summed E-state index contributed by atoms with van der Waals surface area (Å²) in [4.78, 5) is 5.81. The summed E-state index contributed by atoms with van der Waals surface area (Å²) >= 11 is 1.53. The molecule has 2 rings (SSSR count). The minimum absolute atomic E-state index is 0.613. The monoisotopic (exact) mass is 219 g/mol. The molecule has 0 radical (unpaired) electrons. The van der Waals surface area contributed by atoms with Crippen LogP contribution in [0.1, 0.15) is 16.1 Å². The van der Waals surface area contributed by atoms with E-state index < -0.39 is 0 Å². The summed E-state index contributed by atoms with van der Waals surface area (Å²) in [5.41, 5.74) is 2.37. The zero-order valence-electron chi connectivity index (χ0n) is 8.82. The van der Waals surface area contributed by atoms with Crippen molar-refractivity contribution in [1.29, 1.82) is 5.41 Å². The Balaban J connectivity index is 2.37. The Morgan fingerprint density at radius 2 is 2.00 bits per heavy atom. The third kappa shape index (κ3) is 1.99. The van der Waals surface area contributed by atoms with E-state index in [0.29, 0.717) is 4.80 Å². The highest BCUT2D eigenvalue weighted by Gasteiger charge is 2.05. The van der Waals surface area contributed by atoms with Crippen molar-refractivity contribution in [3.8, 4) is 0 Å². The van der Waals surface area contributed by atoms with Gasteiger partial charge in [-0.25, -0.2) is 0 Å². The largest absolute Gasteiger partial charge is 0.317 e. The standard InChI is InChI=1S/C11H13N3S/c1-8-9(2)15-11(12)14(8)7-10-3-5-13-6-4-10/h3-6,12H,7H2,1-2H3. The molecule has 0 aliphatic rings. The summed E-state index contributed by atoms with van der Waals surface area (Å²) in [5.74, 6) is 0. The number of aryl methyl sites for hydroxylation is 1. The highest BCUT2D eigenvalue weighted by molar-refractivity contribution is 7.09. The Kier molecular flexibility index (Phi) is 2.68. The fourth-order valence-corrected chi connectivity index (χ4v) is 2.34.